The van der Waals surface area contributed by atoms with E-state index in [2.05, 4.69) is 38.3 Å². The molecule has 1 saturated carbocycles. The molecule has 2 fully saturated rings. The maximum Gasteiger partial charge on any atom is 0.316 e. The Hall–Kier alpha value is -3.04. The van der Waals surface area contributed by atoms with E-state index in [1.807, 2.05) is 24.3 Å². The molecule has 0 atom stereocenters. The maximum atomic E-state index is 13.5. The number of piperazine rings is 1. The molecule has 1 saturated heterocycles. The first-order chi connectivity index (χ1) is 17.0. The van der Waals surface area contributed by atoms with Crippen LogP contribution in [0.15, 0.2) is 59.8 Å². The summed E-state index contributed by atoms with van der Waals surface area (Å²) in [6.07, 6.45) is 8.64. The van der Waals surface area contributed by atoms with Crippen LogP contribution in [-0.4, -0.2) is 62.7 Å². The van der Waals surface area contributed by atoms with Crippen LogP contribution in [0.1, 0.15) is 25.3 Å². The van der Waals surface area contributed by atoms with E-state index in [1.54, 1.807) is 24.4 Å². The number of phenols is 1. The van der Waals surface area contributed by atoms with Gasteiger partial charge in [0.25, 0.3) is 0 Å². The fourth-order valence-corrected chi connectivity index (χ4v) is 5.11. The summed E-state index contributed by atoms with van der Waals surface area (Å²) in [6.45, 7) is 6.09. The molecule has 2 aromatic heterocycles. The van der Waals surface area contributed by atoms with Gasteiger partial charge in [0.15, 0.2) is 0 Å². The van der Waals surface area contributed by atoms with E-state index in [0.29, 0.717) is 18.0 Å². The monoisotopic (exact) mass is 493 g/mol. The Balaban J connectivity index is 1.28. The highest BCUT2D eigenvalue weighted by molar-refractivity contribution is 7.97. The topological polar surface area (TPSA) is 83.7 Å². The normalized spacial score (nSPS) is 17.3. The highest BCUT2D eigenvalue weighted by Crippen LogP contribution is 2.45. The number of aromatic hydroxyl groups is 1. The molecular formula is C26H31N5O3S. The van der Waals surface area contributed by atoms with E-state index in [0.717, 1.165) is 56.9 Å². The van der Waals surface area contributed by atoms with Crippen molar-refractivity contribution in [3.05, 3.63) is 70.9 Å². The lowest BCUT2D eigenvalue weighted by Gasteiger charge is -2.35. The molecule has 5 rings (SSSR count). The van der Waals surface area contributed by atoms with Gasteiger partial charge in [0.2, 0.25) is 5.75 Å². The van der Waals surface area contributed by atoms with Crippen molar-refractivity contribution >= 4 is 17.6 Å². The van der Waals surface area contributed by atoms with Crippen molar-refractivity contribution in [2.75, 3.05) is 43.4 Å². The van der Waals surface area contributed by atoms with E-state index >= 15 is 0 Å². The zero-order chi connectivity index (χ0) is 24.3. The Kier molecular flexibility index (Phi) is 6.97. The van der Waals surface area contributed by atoms with Crippen LogP contribution in [0.5, 0.6) is 11.5 Å². The van der Waals surface area contributed by atoms with Crippen LogP contribution in [0.3, 0.4) is 0 Å². The molecule has 184 valence electrons. The standard InChI is InChI=1S/C26H31N5O3S/c1-26(8-9-26)19-34-24-23(18-28-31(25(24)33)21-3-2-4-22(32)17-21)29-12-14-30(15-13-29)35-16-7-20-5-10-27-11-6-20/h2-6,10-11,17-18,32H,7-9,12-16,19H2,1H3. The second-order valence-corrected chi connectivity index (χ2v) is 10.7. The van der Waals surface area contributed by atoms with E-state index in [9.17, 15) is 9.90 Å². The number of hydrogen-bond donors (Lipinski definition) is 1. The Bertz CT molecular complexity index is 1210. The van der Waals surface area contributed by atoms with Gasteiger partial charge in [-0.1, -0.05) is 24.9 Å². The summed E-state index contributed by atoms with van der Waals surface area (Å²) >= 11 is 1.87. The number of aromatic nitrogens is 3. The third kappa shape index (κ3) is 5.79. The third-order valence-electron chi connectivity index (χ3n) is 6.65. The predicted octanol–water partition coefficient (Wildman–Crippen LogP) is 3.52. The van der Waals surface area contributed by atoms with Gasteiger partial charge < -0.3 is 14.7 Å². The lowest BCUT2D eigenvalue weighted by atomic mass is 10.2. The summed E-state index contributed by atoms with van der Waals surface area (Å²) in [5.41, 5.74) is 2.41. The van der Waals surface area contributed by atoms with Crippen molar-refractivity contribution in [2.45, 2.75) is 26.2 Å². The Labute approximate surface area is 209 Å². The first-order valence-corrected chi connectivity index (χ1v) is 13.0. The molecule has 0 bridgehead atoms. The van der Waals surface area contributed by atoms with E-state index in [4.69, 9.17) is 4.74 Å². The fourth-order valence-electron chi connectivity index (χ4n) is 4.10. The smallest absolute Gasteiger partial charge is 0.316 e. The van der Waals surface area contributed by atoms with Gasteiger partial charge in [0.05, 0.1) is 18.5 Å². The summed E-state index contributed by atoms with van der Waals surface area (Å²) in [4.78, 5) is 19.7. The van der Waals surface area contributed by atoms with Gasteiger partial charge in [-0.2, -0.15) is 9.78 Å². The van der Waals surface area contributed by atoms with Gasteiger partial charge in [0.1, 0.15) is 11.4 Å². The molecule has 2 aliphatic rings. The van der Waals surface area contributed by atoms with Crippen molar-refractivity contribution in [1.82, 2.24) is 19.1 Å². The number of anilines is 1. The minimum atomic E-state index is -0.300. The van der Waals surface area contributed by atoms with Crippen molar-refractivity contribution in [3.8, 4) is 17.2 Å². The second-order valence-electron chi connectivity index (χ2n) is 9.55. The van der Waals surface area contributed by atoms with Crippen LogP contribution >= 0.6 is 11.9 Å². The largest absolute Gasteiger partial charge is 0.508 e. The molecule has 3 heterocycles. The molecule has 1 aromatic carbocycles. The van der Waals surface area contributed by atoms with Gasteiger partial charge in [-0.05, 0) is 49.1 Å². The highest BCUT2D eigenvalue weighted by atomic mass is 32.2. The number of aryl methyl sites for hydroxylation is 1. The first kappa shape index (κ1) is 23.7. The zero-order valence-corrected chi connectivity index (χ0v) is 20.8. The third-order valence-corrected chi connectivity index (χ3v) is 7.77. The lowest BCUT2D eigenvalue weighted by molar-refractivity contribution is 0.242. The van der Waals surface area contributed by atoms with Gasteiger partial charge in [0, 0.05) is 55.8 Å². The van der Waals surface area contributed by atoms with Crippen LogP contribution in [0, 0.1) is 5.41 Å². The van der Waals surface area contributed by atoms with E-state index < -0.39 is 0 Å². The summed E-state index contributed by atoms with van der Waals surface area (Å²) in [6, 6.07) is 10.7. The number of hydrogen-bond acceptors (Lipinski definition) is 8. The number of pyridine rings is 1. The molecule has 1 aliphatic carbocycles. The predicted molar refractivity (Wildman–Crippen MR) is 139 cm³/mol. The number of phenolic OH excluding ortho intramolecular Hbond substituents is 1. The van der Waals surface area contributed by atoms with Gasteiger partial charge in [-0.15, -0.1) is 0 Å². The first-order valence-electron chi connectivity index (χ1n) is 12.1. The Morgan fingerprint density at radius 3 is 2.60 bits per heavy atom. The minimum absolute atomic E-state index is 0.0887. The molecule has 0 amide bonds. The van der Waals surface area contributed by atoms with Gasteiger partial charge in [-0.3, -0.25) is 9.78 Å². The molecule has 9 heteroatoms. The summed E-state index contributed by atoms with van der Waals surface area (Å²) in [5.74, 6) is 1.46. The SMILES string of the molecule is CC1(COc2c(N3CCN(SCCc4ccncc4)CC3)cnn(-c3cccc(O)c3)c2=O)CC1. The van der Waals surface area contributed by atoms with Gasteiger partial charge >= 0.3 is 5.56 Å². The molecule has 0 spiro atoms. The summed E-state index contributed by atoms with van der Waals surface area (Å²) in [5, 5.41) is 14.3. The molecule has 8 nitrogen and oxygen atoms in total. The molecule has 35 heavy (non-hydrogen) atoms. The molecule has 0 radical (unpaired) electrons. The van der Waals surface area contributed by atoms with E-state index in [1.165, 1.54) is 16.3 Å². The molecule has 1 N–H and O–H groups in total. The van der Waals surface area contributed by atoms with Crippen LogP contribution in [0.4, 0.5) is 5.69 Å². The molecular weight excluding hydrogens is 462 g/mol. The average molecular weight is 494 g/mol. The summed E-state index contributed by atoms with van der Waals surface area (Å²) < 4.78 is 9.88. The van der Waals surface area contributed by atoms with Gasteiger partial charge in [-0.25, -0.2) is 4.31 Å². The van der Waals surface area contributed by atoms with Crippen molar-refractivity contribution in [1.29, 1.82) is 0 Å². The summed E-state index contributed by atoms with van der Waals surface area (Å²) in [7, 11) is 0. The van der Waals surface area contributed by atoms with Crippen LogP contribution in [0.25, 0.3) is 5.69 Å². The van der Waals surface area contributed by atoms with Crippen LogP contribution in [-0.2, 0) is 6.42 Å². The number of rotatable bonds is 9. The van der Waals surface area contributed by atoms with Crippen molar-refractivity contribution < 1.29 is 9.84 Å². The zero-order valence-electron chi connectivity index (χ0n) is 20.0. The minimum Gasteiger partial charge on any atom is -0.508 e. The molecule has 1 aliphatic heterocycles. The average Bonchev–Trinajstić information content (AvgIpc) is 3.61. The Morgan fingerprint density at radius 1 is 1.11 bits per heavy atom. The Morgan fingerprint density at radius 2 is 1.89 bits per heavy atom. The number of ether oxygens (including phenoxy) is 1. The van der Waals surface area contributed by atoms with Crippen LogP contribution in [0.2, 0.25) is 0 Å². The molecule has 0 unspecified atom stereocenters. The highest BCUT2D eigenvalue weighted by Gasteiger charge is 2.39. The second kappa shape index (κ2) is 10.3. The lowest BCUT2D eigenvalue weighted by Crippen LogP contribution is -2.44. The number of benzene rings is 1. The maximum absolute atomic E-state index is 13.5. The van der Waals surface area contributed by atoms with E-state index in [-0.39, 0.29) is 16.7 Å². The fraction of sp³-hybridized carbons (Fsp3) is 0.423. The van der Waals surface area contributed by atoms with Crippen LogP contribution < -0.4 is 15.2 Å². The quantitative estimate of drug-likeness (QED) is 0.454. The van der Waals surface area contributed by atoms with Crippen molar-refractivity contribution in [2.24, 2.45) is 5.41 Å². The molecule has 3 aromatic rings. The number of nitrogens with zero attached hydrogens (tertiary/aromatic N) is 5. The van der Waals surface area contributed by atoms with Crippen molar-refractivity contribution in [3.63, 3.8) is 0 Å².